The minimum absolute atomic E-state index is 0.482. The van der Waals surface area contributed by atoms with Crippen molar-refractivity contribution in [1.82, 2.24) is 10.2 Å². The van der Waals surface area contributed by atoms with E-state index in [0.29, 0.717) is 10.8 Å². The fourth-order valence-electron chi connectivity index (χ4n) is 2.26. The molecule has 21 heavy (non-hydrogen) atoms. The normalized spacial score (nSPS) is 10.8. The first-order valence-corrected chi connectivity index (χ1v) is 7.59. The lowest BCUT2D eigenvalue weighted by molar-refractivity contribution is 1.10. The summed E-state index contributed by atoms with van der Waals surface area (Å²) in [6.45, 7) is 2.05. The third-order valence-corrected chi connectivity index (χ3v) is 4.23. The molecule has 2 aromatic carbocycles. The van der Waals surface area contributed by atoms with Crippen molar-refractivity contribution in [3.05, 3.63) is 57.5 Å². The topological polar surface area (TPSA) is 54.7 Å². The van der Waals surface area contributed by atoms with E-state index in [9.17, 15) is 0 Å². The van der Waals surface area contributed by atoms with Crippen molar-refractivity contribution in [2.45, 2.75) is 6.92 Å². The molecule has 0 radical (unpaired) electrons. The lowest BCUT2D eigenvalue weighted by atomic mass is 10.00. The molecule has 0 aliphatic rings. The molecule has 3 rings (SSSR count). The minimum Gasteiger partial charge on any atom is -0.382 e. The van der Waals surface area contributed by atoms with Crippen LogP contribution in [0.2, 0.25) is 5.02 Å². The van der Waals surface area contributed by atoms with Gasteiger partial charge in [0.2, 0.25) is 0 Å². The van der Waals surface area contributed by atoms with Gasteiger partial charge in [-0.05, 0) is 24.6 Å². The van der Waals surface area contributed by atoms with Crippen molar-refractivity contribution in [2.24, 2.45) is 0 Å². The monoisotopic (exact) mass is 361 g/mol. The molecule has 1 heterocycles. The van der Waals surface area contributed by atoms with E-state index in [1.165, 1.54) is 5.56 Å². The molecular weight excluding hydrogens is 350 g/mol. The zero-order valence-corrected chi connectivity index (χ0v) is 13.7. The van der Waals surface area contributed by atoms with E-state index >= 15 is 0 Å². The van der Waals surface area contributed by atoms with Crippen LogP contribution in [0.1, 0.15) is 5.56 Å². The number of H-pyrrole nitrogens is 1. The second kappa shape index (κ2) is 5.54. The molecular formula is C16H13BrClN3. The second-order valence-electron chi connectivity index (χ2n) is 4.85. The van der Waals surface area contributed by atoms with E-state index in [2.05, 4.69) is 45.2 Å². The van der Waals surface area contributed by atoms with Gasteiger partial charge in [-0.25, -0.2) is 0 Å². The Hall–Kier alpha value is -1.78. The zero-order valence-electron chi connectivity index (χ0n) is 11.3. The lowest BCUT2D eigenvalue weighted by Gasteiger charge is -2.07. The molecule has 0 saturated heterocycles. The molecule has 3 nitrogen and oxygen atoms in total. The van der Waals surface area contributed by atoms with Crippen molar-refractivity contribution in [1.29, 1.82) is 0 Å². The summed E-state index contributed by atoms with van der Waals surface area (Å²) < 4.78 is 0.895. The quantitative estimate of drug-likeness (QED) is 0.670. The van der Waals surface area contributed by atoms with Crippen LogP contribution in [0.5, 0.6) is 0 Å². The molecule has 1 aromatic heterocycles. The van der Waals surface area contributed by atoms with Crippen molar-refractivity contribution >= 4 is 33.3 Å². The summed E-state index contributed by atoms with van der Waals surface area (Å²) in [5, 5.41) is 7.85. The summed E-state index contributed by atoms with van der Waals surface area (Å²) in [7, 11) is 0. The van der Waals surface area contributed by atoms with Gasteiger partial charge in [0.15, 0.2) is 5.82 Å². The first-order chi connectivity index (χ1) is 10.1. The predicted octanol–water partition coefficient (Wildman–Crippen LogP) is 5.05. The van der Waals surface area contributed by atoms with Gasteiger partial charge >= 0.3 is 0 Å². The first-order valence-electron chi connectivity index (χ1n) is 6.42. The largest absolute Gasteiger partial charge is 0.382 e. The van der Waals surface area contributed by atoms with Gasteiger partial charge in [0.05, 0.1) is 11.3 Å². The minimum atomic E-state index is 0.482. The van der Waals surface area contributed by atoms with Gasteiger partial charge in [-0.1, -0.05) is 63.4 Å². The van der Waals surface area contributed by atoms with Crippen LogP contribution in [0.25, 0.3) is 22.4 Å². The van der Waals surface area contributed by atoms with Gasteiger partial charge in [0, 0.05) is 15.1 Å². The highest BCUT2D eigenvalue weighted by Crippen LogP contribution is 2.38. The molecule has 0 fully saturated rings. The highest BCUT2D eigenvalue weighted by atomic mass is 79.9. The number of hydrogen-bond donors (Lipinski definition) is 2. The van der Waals surface area contributed by atoms with Crippen LogP contribution < -0.4 is 5.73 Å². The van der Waals surface area contributed by atoms with Gasteiger partial charge < -0.3 is 5.73 Å². The fourth-order valence-corrected chi connectivity index (χ4v) is 3.14. The van der Waals surface area contributed by atoms with Crippen molar-refractivity contribution in [2.75, 3.05) is 5.73 Å². The first kappa shape index (κ1) is 14.2. The summed E-state index contributed by atoms with van der Waals surface area (Å²) in [5.41, 5.74) is 11.0. The molecule has 0 atom stereocenters. The molecule has 106 valence electrons. The molecule has 3 N–H and O–H groups in total. The van der Waals surface area contributed by atoms with Gasteiger partial charge in [0.25, 0.3) is 0 Å². The van der Waals surface area contributed by atoms with Crippen LogP contribution in [0.4, 0.5) is 5.82 Å². The number of nitrogens with two attached hydrogens (primary N) is 1. The van der Waals surface area contributed by atoms with Crippen LogP contribution in [0, 0.1) is 6.92 Å². The number of nitrogen functional groups attached to an aromatic ring is 1. The van der Waals surface area contributed by atoms with Crippen molar-refractivity contribution in [3.63, 3.8) is 0 Å². The summed E-state index contributed by atoms with van der Waals surface area (Å²) in [6, 6.07) is 13.8. The Labute approximate surface area is 136 Å². The lowest BCUT2D eigenvalue weighted by Crippen LogP contribution is -1.89. The van der Waals surface area contributed by atoms with Crippen molar-refractivity contribution < 1.29 is 0 Å². The Bertz CT molecular complexity index is 794. The Morgan fingerprint density at radius 2 is 1.86 bits per heavy atom. The maximum absolute atomic E-state index is 6.05. The average molecular weight is 363 g/mol. The molecule has 0 spiro atoms. The fraction of sp³-hybridized carbons (Fsp3) is 0.0625. The summed E-state index contributed by atoms with van der Waals surface area (Å²) >= 11 is 9.54. The summed E-state index contributed by atoms with van der Waals surface area (Å²) in [6.07, 6.45) is 0. The van der Waals surface area contributed by atoms with E-state index in [1.54, 1.807) is 0 Å². The SMILES string of the molecule is Cc1ccc(-c2c(N)n[nH]c2-c2ccc(Cl)cc2Br)cc1. The van der Waals surface area contributed by atoms with Gasteiger partial charge in [-0.15, -0.1) is 0 Å². The van der Waals surface area contributed by atoms with E-state index < -0.39 is 0 Å². The Morgan fingerprint density at radius 1 is 1.14 bits per heavy atom. The molecule has 5 heteroatoms. The van der Waals surface area contributed by atoms with Gasteiger partial charge in [-0.3, -0.25) is 5.10 Å². The number of anilines is 1. The highest BCUT2D eigenvalue weighted by Gasteiger charge is 2.16. The number of benzene rings is 2. The van der Waals surface area contributed by atoms with Crippen LogP contribution in [0.15, 0.2) is 46.9 Å². The van der Waals surface area contributed by atoms with E-state index in [0.717, 1.165) is 26.9 Å². The van der Waals surface area contributed by atoms with Crippen LogP contribution in [-0.2, 0) is 0 Å². The number of aryl methyl sites for hydroxylation is 1. The number of nitrogens with one attached hydrogen (secondary N) is 1. The van der Waals surface area contributed by atoms with Crippen molar-refractivity contribution in [3.8, 4) is 22.4 Å². The standard InChI is InChI=1S/C16H13BrClN3/c1-9-2-4-10(5-3-9)14-15(20-21-16(14)19)12-7-6-11(18)8-13(12)17/h2-8H,1H3,(H3,19,20,21). The number of rotatable bonds is 2. The van der Waals surface area contributed by atoms with E-state index in [-0.39, 0.29) is 0 Å². The zero-order chi connectivity index (χ0) is 15.0. The molecule has 3 aromatic rings. The molecule has 0 aliphatic carbocycles. The Morgan fingerprint density at radius 3 is 2.52 bits per heavy atom. The summed E-state index contributed by atoms with van der Waals surface area (Å²) in [5.74, 6) is 0.482. The van der Waals surface area contributed by atoms with E-state index in [1.807, 2.05) is 30.3 Å². The maximum Gasteiger partial charge on any atom is 0.153 e. The Kier molecular flexibility index (Phi) is 3.74. The average Bonchev–Trinajstić information content (AvgIpc) is 2.82. The number of aromatic amines is 1. The maximum atomic E-state index is 6.05. The van der Waals surface area contributed by atoms with E-state index in [4.69, 9.17) is 17.3 Å². The predicted molar refractivity (Wildman–Crippen MR) is 91.3 cm³/mol. The molecule has 0 unspecified atom stereocenters. The summed E-state index contributed by atoms with van der Waals surface area (Å²) in [4.78, 5) is 0. The molecule has 0 saturated carbocycles. The van der Waals surface area contributed by atoms with Crippen LogP contribution >= 0.6 is 27.5 Å². The second-order valence-corrected chi connectivity index (χ2v) is 6.14. The number of aromatic nitrogens is 2. The molecule has 0 bridgehead atoms. The van der Waals surface area contributed by atoms with Gasteiger partial charge in [0.1, 0.15) is 0 Å². The Balaban J connectivity index is 2.19. The number of nitrogens with zero attached hydrogens (tertiary/aromatic N) is 1. The molecule has 0 amide bonds. The highest BCUT2D eigenvalue weighted by molar-refractivity contribution is 9.10. The van der Waals surface area contributed by atoms with Crippen LogP contribution in [-0.4, -0.2) is 10.2 Å². The van der Waals surface area contributed by atoms with Gasteiger partial charge in [-0.2, -0.15) is 5.10 Å². The third kappa shape index (κ3) is 2.69. The number of halogens is 2. The third-order valence-electron chi connectivity index (χ3n) is 3.34. The smallest absolute Gasteiger partial charge is 0.153 e. The van der Waals surface area contributed by atoms with Crippen LogP contribution in [0.3, 0.4) is 0 Å². The molecule has 0 aliphatic heterocycles. The number of hydrogen-bond acceptors (Lipinski definition) is 2.